The second kappa shape index (κ2) is 3.38. The maximum Gasteiger partial charge on any atom is 0.149 e. The SMILES string of the molecule is CC(C)Nc1ncc(F)cc1N. The van der Waals surface area contributed by atoms with E-state index in [0.29, 0.717) is 11.5 Å². The van der Waals surface area contributed by atoms with Crippen molar-refractivity contribution in [3.8, 4) is 0 Å². The van der Waals surface area contributed by atoms with Crippen LogP contribution in [0.15, 0.2) is 12.3 Å². The van der Waals surface area contributed by atoms with Gasteiger partial charge in [0.25, 0.3) is 0 Å². The summed E-state index contributed by atoms with van der Waals surface area (Å²) < 4.78 is 12.5. The Hall–Kier alpha value is -1.32. The van der Waals surface area contributed by atoms with Gasteiger partial charge in [0.2, 0.25) is 0 Å². The Kier molecular flexibility index (Phi) is 2.47. The smallest absolute Gasteiger partial charge is 0.149 e. The first-order valence-electron chi connectivity index (χ1n) is 3.77. The van der Waals surface area contributed by atoms with Gasteiger partial charge in [-0.25, -0.2) is 9.37 Å². The number of nitrogens with one attached hydrogen (secondary N) is 1. The number of hydrogen-bond acceptors (Lipinski definition) is 3. The fraction of sp³-hybridized carbons (Fsp3) is 0.375. The topological polar surface area (TPSA) is 50.9 Å². The number of rotatable bonds is 2. The van der Waals surface area contributed by atoms with Crippen molar-refractivity contribution in [1.29, 1.82) is 0 Å². The zero-order valence-electron chi connectivity index (χ0n) is 7.13. The molecule has 0 radical (unpaired) electrons. The molecule has 66 valence electrons. The summed E-state index contributed by atoms with van der Waals surface area (Å²) in [4.78, 5) is 3.81. The van der Waals surface area contributed by atoms with Gasteiger partial charge in [0.15, 0.2) is 0 Å². The number of nitrogens with zero attached hydrogens (tertiary/aromatic N) is 1. The van der Waals surface area contributed by atoms with Crippen LogP contribution in [-0.4, -0.2) is 11.0 Å². The van der Waals surface area contributed by atoms with Gasteiger partial charge in [-0.3, -0.25) is 0 Å². The molecule has 0 aliphatic rings. The van der Waals surface area contributed by atoms with Gasteiger partial charge in [-0.1, -0.05) is 0 Å². The van der Waals surface area contributed by atoms with Crippen molar-refractivity contribution in [3.05, 3.63) is 18.1 Å². The largest absolute Gasteiger partial charge is 0.396 e. The molecule has 0 spiro atoms. The molecule has 1 aromatic rings. The fourth-order valence-electron chi connectivity index (χ4n) is 0.849. The van der Waals surface area contributed by atoms with Crippen LogP contribution in [0.4, 0.5) is 15.9 Å². The zero-order valence-corrected chi connectivity index (χ0v) is 7.13. The molecule has 1 rings (SSSR count). The Morgan fingerprint density at radius 3 is 2.75 bits per heavy atom. The van der Waals surface area contributed by atoms with Crippen LogP contribution in [0, 0.1) is 5.82 Å². The average Bonchev–Trinajstić information content (AvgIpc) is 1.94. The summed E-state index contributed by atoms with van der Waals surface area (Å²) >= 11 is 0. The monoisotopic (exact) mass is 169 g/mol. The van der Waals surface area contributed by atoms with E-state index in [1.807, 2.05) is 13.8 Å². The van der Waals surface area contributed by atoms with Crippen LogP contribution in [0.25, 0.3) is 0 Å². The van der Waals surface area contributed by atoms with Crippen LogP contribution in [0.5, 0.6) is 0 Å². The molecular weight excluding hydrogens is 157 g/mol. The Bertz CT molecular complexity index is 273. The first-order valence-corrected chi connectivity index (χ1v) is 3.77. The Morgan fingerprint density at radius 2 is 2.25 bits per heavy atom. The van der Waals surface area contributed by atoms with Gasteiger partial charge in [0.05, 0.1) is 11.9 Å². The van der Waals surface area contributed by atoms with Gasteiger partial charge >= 0.3 is 0 Å². The number of nitrogens with two attached hydrogens (primary N) is 1. The van der Waals surface area contributed by atoms with Gasteiger partial charge in [-0.05, 0) is 13.8 Å². The number of hydrogen-bond donors (Lipinski definition) is 2. The van der Waals surface area contributed by atoms with Gasteiger partial charge in [-0.2, -0.15) is 0 Å². The van der Waals surface area contributed by atoms with Crippen LogP contribution in [0.3, 0.4) is 0 Å². The molecule has 3 N–H and O–H groups in total. The van der Waals surface area contributed by atoms with Crippen molar-refractivity contribution in [1.82, 2.24) is 4.98 Å². The van der Waals surface area contributed by atoms with Crippen LogP contribution in [0.2, 0.25) is 0 Å². The van der Waals surface area contributed by atoms with Crippen molar-refractivity contribution < 1.29 is 4.39 Å². The lowest BCUT2D eigenvalue weighted by Gasteiger charge is -2.10. The predicted molar refractivity (Wildman–Crippen MR) is 47.4 cm³/mol. The second-order valence-electron chi connectivity index (χ2n) is 2.89. The first-order chi connectivity index (χ1) is 5.59. The van der Waals surface area contributed by atoms with E-state index in [2.05, 4.69) is 10.3 Å². The molecule has 0 amide bonds. The first kappa shape index (κ1) is 8.77. The number of aromatic nitrogens is 1. The standard InChI is InChI=1S/C8H12FN3/c1-5(2)12-8-7(10)3-6(9)4-11-8/h3-5H,10H2,1-2H3,(H,11,12). The molecule has 0 fully saturated rings. The Labute approximate surface area is 70.8 Å². The summed E-state index contributed by atoms with van der Waals surface area (Å²) in [5, 5.41) is 3.00. The maximum absolute atomic E-state index is 12.5. The van der Waals surface area contributed by atoms with Gasteiger partial charge in [-0.15, -0.1) is 0 Å². The lowest BCUT2D eigenvalue weighted by molar-refractivity contribution is 0.622. The minimum Gasteiger partial charge on any atom is -0.396 e. The van der Waals surface area contributed by atoms with Crippen molar-refractivity contribution in [2.75, 3.05) is 11.1 Å². The number of anilines is 2. The van der Waals surface area contributed by atoms with E-state index in [4.69, 9.17) is 5.73 Å². The molecule has 4 heteroatoms. The summed E-state index contributed by atoms with van der Waals surface area (Å²) in [6, 6.07) is 1.49. The van der Waals surface area contributed by atoms with E-state index >= 15 is 0 Å². The van der Waals surface area contributed by atoms with Crippen molar-refractivity contribution >= 4 is 11.5 Å². The van der Waals surface area contributed by atoms with Crippen molar-refractivity contribution in [2.45, 2.75) is 19.9 Å². The normalized spacial score (nSPS) is 10.3. The quantitative estimate of drug-likeness (QED) is 0.707. The summed E-state index contributed by atoms with van der Waals surface area (Å²) in [5.41, 5.74) is 5.84. The van der Waals surface area contributed by atoms with Gasteiger partial charge < -0.3 is 11.1 Å². The zero-order chi connectivity index (χ0) is 9.14. The van der Waals surface area contributed by atoms with E-state index < -0.39 is 5.82 Å². The number of nitrogen functional groups attached to an aromatic ring is 1. The van der Waals surface area contributed by atoms with Gasteiger partial charge in [0.1, 0.15) is 11.6 Å². The molecule has 12 heavy (non-hydrogen) atoms. The Balaban J connectivity index is 2.86. The summed E-state index contributed by atoms with van der Waals surface area (Å²) in [6.45, 7) is 3.93. The molecule has 0 saturated carbocycles. The van der Waals surface area contributed by atoms with Crippen LogP contribution in [0.1, 0.15) is 13.8 Å². The summed E-state index contributed by atoms with van der Waals surface area (Å²) in [6.07, 6.45) is 1.14. The van der Waals surface area contributed by atoms with Gasteiger partial charge in [0, 0.05) is 12.1 Å². The molecule has 1 aromatic heterocycles. The van der Waals surface area contributed by atoms with E-state index in [-0.39, 0.29) is 6.04 Å². The van der Waals surface area contributed by atoms with E-state index in [0.717, 1.165) is 6.20 Å². The molecule has 0 bridgehead atoms. The fourth-order valence-corrected chi connectivity index (χ4v) is 0.849. The molecule has 1 heterocycles. The molecule has 0 aliphatic heterocycles. The third-order valence-corrected chi connectivity index (χ3v) is 1.31. The van der Waals surface area contributed by atoms with Crippen LogP contribution >= 0.6 is 0 Å². The van der Waals surface area contributed by atoms with Crippen molar-refractivity contribution in [3.63, 3.8) is 0 Å². The molecule has 0 unspecified atom stereocenters. The Morgan fingerprint density at radius 1 is 1.58 bits per heavy atom. The lowest BCUT2D eigenvalue weighted by Crippen LogP contribution is -2.12. The van der Waals surface area contributed by atoms with E-state index in [1.54, 1.807) is 0 Å². The lowest BCUT2D eigenvalue weighted by atomic mass is 10.3. The highest BCUT2D eigenvalue weighted by Gasteiger charge is 2.02. The third kappa shape index (κ3) is 2.08. The van der Waals surface area contributed by atoms with Crippen molar-refractivity contribution in [2.24, 2.45) is 0 Å². The minimum absolute atomic E-state index is 0.241. The van der Waals surface area contributed by atoms with E-state index in [9.17, 15) is 4.39 Å². The highest BCUT2D eigenvalue weighted by atomic mass is 19.1. The molecule has 0 aromatic carbocycles. The molecule has 0 saturated heterocycles. The van der Waals surface area contributed by atoms with Crippen LogP contribution in [-0.2, 0) is 0 Å². The maximum atomic E-state index is 12.5. The predicted octanol–water partition coefficient (Wildman–Crippen LogP) is 1.62. The average molecular weight is 169 g/mol. The third-order valence-electron chi connectivity index (χ3n) is 1.31. The number of halogens is 1. The summed E-state index contributed by atoms with van der Waals surface area (Å²) in [5.74, 6) is 0.119. The van der Waals surface area contributed by atoms with E-state index in [1.165, 1.54) is 6.07 Å². The highest BCUT2D eigenvalue weighted by Crippen LogP contribution is 2.15. The minimum atomic E-state index is -0.415. The highest BCUT2D eigenvalue weighted by molar-refractivity contribution is 5.60. The molecule has 0 atom stereocenters. The summed E-state index contributed by atoms with van der Waals surface area (Å²) in [7, 11) is 0. The number of pyridine rings is 1. The molecular formula is C8H12FN3. The molecule has 0 aliphatic carbocycles. The second-order valence-corrected chi connectivity index (χ2v) is 2.89. The molecule has 3 nitrogen and oxygen atoms in total. The van der Waals surface area contributed by atoms with Crippen LogP contribution < -0.4 is 11.1 Å².